The molecule has 4 rings (SSSR count). The number of nitrogens with zero attached hydrogens (tertiary/aromatic N) is 1. The molecule has 0 heterocycles. The van der Waals surface area contributed by atoms with Crippen molar-refractivity contribution in [1.82, 2.24) is 5.32 Å². The van der Waals surface area contributed by atoms with Gasteiger partial charge in [0, 0.05) is 37.9 Å². The Kier molecular flexibility index (Phi) is 6.55. The van der Waals surface area contributed by atoms with Crippen LogP contribution in [0.1, 0.15) is 33.8 Å². The third-order valence-corrected chi connectivity index (χ3v) is 5.89. The van der Waals surface area contributed by atoms with Crippen LogP contribution in [-0.2, 0) is 11.2 Å². The van der Waals surface area contributed by atoms with Crippen LogP contribution in [-0.4, -0.2) is 32.5 Å². The second kappa shape index (κ2) is 9.69. The average Bonchev–Trinajstić information content (AvgIpc) is 3.61. The van der Waals surface area contributed by atoms with E-state index in [1.807, 2.05) is 79.7 Å². The number of carbonyl (C=O) groups excluding carboxylic acids is 2. The molecule has 0 aliphatic heterocycles. The fourth-order valence-electron chi connectivity index (χ4n) is 4.03. The van der Waals surface area contributed by atoms with Crippen molar-refractivity contribution >= 4 is 23.2 Å². The van der Waals surface area contributed by atoms with Gasteiger partial charge in [-0.1, -0.05) is 60.7 Å². The first-order valence-corrected chi connectivity index (χ1v) is 11.0. The third-order valence-electron chi connectivity index (χ3n) is 5.89. The van der Waals surface area contributed by atoms with Gasteiger partial charge in [0.05, 0.1) is 5.56 Å². The molecule has 0 radical (unpaired) electrons. The van der Waals surface area contributed by atoms with Crippen molar-refractivity contribution in [2.45, 2.75) is 18.8 Å². The van der Waals surface area contributed by atoms with Crippen molar-refractivity contribution in [3.8, 4) is 0 Å². The van der Waals surface area contributed by atoms with Crippen molar-refractivity contribution in [2.24, 2.45) is 5.92 Å². The molecule has 3 aromatic rings. The summed E-state index contributed by atoms with van der Waals surface area (Å²) in [6.07, 6.45) is 1.63. The topological polar surface area (TPSA) is 61.4 Å². The zero-order valence-electron chi connectivity index (χ0n) is 18.5. The van der Waals surface area contributed by atoms with Crippen molar-refractivity contribution in [3.05, 3.63) is 95.6 Å². The molecule has 32 heavy (non-hydrogen) atoms. The molecule has 164 valence electrons. The molecule has 5 nitrogen and oxygen atoms in total. The van der Waals surface area contributed by atoms with Crippen LogP contribution in [0, 0.1) is 5.92 Å². The Morgan fingerprint density at radius 1 is 0.938 bits per heavy atom. The number of hydrogen-bond donors (Lipinski definition) is 2. The number of benzene rings is 3. The molecular weight excluding hydrogens is 398 g/mol. The Labute approximate surface area is 189 Å². The molecule has 1 fully saturated rings. The molecule has 2 N–H and O–H groups in total. The Balaban J connectivity index is 1.41. The lowest BCUT2D eigenvalue weighted by Crippen LogP contribution is -2.28. The van der Waals surface area contributed by atoms with Gasteiger partial charge in [0.15, 0.2) is 0 Å². The predicted molar refractivity (Wildman–Crippen MR) is 129 cm³/mol. The Morgan fingerprint density at radius 3 is 2.31 bits per heavy atom. The Morgan fingerprint density at radius 2 is 1.62 bits per heavy atom. The van der Waals surface area contributed by atoms with E-state index in [0.29, 0.717) is 17.8 Å². The lowest BCUT2D eigenvalue weighted by Gasteiger charge is -2.18. The summed E-state index contributed by atoms with van der Waals surface area (Å²) < 4.78 is 0. The minimum Gasteiger partial charge on any atom is -0.377 e. The number of amides is 2. The van der Waals surface area contributed by atoms with E-state index in [1.54, 1.807) is 6.07 Å². The van der Waals surface area contributed by atoms with Gasteiger partial charge in [-0.25, -0.2) is 0 Å². The van der Waals surface area contributed by atoms with Gasteiger partial charge in [-0.15, -0.1) is 0 Å². The maximum atomic E-state index is 12.9. The van der Waals surface area contributed by atoms with Gasteiger partial charge in [-0.05, 0) is 48.1 Å². The lowest BCUT2D eigenvalue weighted by atomic mass is 10.1. The van der Waals surface area contributed by atoms with Crippen LogP contribution in [0.15, 0.2) is 78.9 Å². The number of anilines is 2. The van der Waals surface area contributed by atoms with E-state index in [2.05, 4.69) is 22.8 Å². The molecule has 0 spiro atoms. The summed E-state index contributed by atoms with van der Waals surface area (Å²) in [6, 6.07) is 25.7. The van der Waals surface area contributed by atoms with Crippen LogP contribution in [0.4, 0.5) is 11.4 Å². The van der Waals surface area contributed by atoms with Gasteiger partial charge < -0.3 is 15.5 Å². The normalized spacial score (nSPS) is 16.8. The van der Waals surface area contributed by atoms with Crippen LogP contribution >= 0.6 is 0 Å². The van der Waals surface area contributed by atoms with Crippen LogP contribution in [0.3, 0.4) is 0 Å². The minimum absolute atomic E-state index is 0.00638. The highest BCUT2D eigenvalue weighted by Gasteiger charge is 2.43. The number of rotatable bonds is 8. The molecule has 5 heteroatoms. The highest BCUT2D eigenvalue weighted by atomic mass is 16.2. The van der Waals surface area contributed by atoms with Crippen molar-refractivity contribution < 1.29 is 9.59 Å². The molecule has 0 saturated heterocycles. The van der Waals surface area contributed by atoms with Gasteiger partial charge in [0.25, 0.3) is 5.91 Å². The molecular formula is C27H29N3O2. The van der Waals surface area contributed by atoms with Gasteiger partial charge >= 0.3 is 0 Å². The zero-order valence-corrected chi connectivity index (χ0v) is 18.5. The van der Waals surface area contributed by atoms with Gasteiger partial charge in [0.1, 0.15) is 0 Å². The summed E-state index contributed by atoms with van der Waals surface area (Å²) in [5.41, 5.74) is 4.39. The van der Waals surface area contributed by atoms with Gasteiger partial charge in [-0.3, -0.25) is 9.59 Å². The second-order valence-corrected chi connectivity index (χ2v) is 8.47. The zero-order chi connectivity index (χ0) is 22.5. The molecule has 1 aliphatic rings. The van der Waals surface area contributed by atoms with Crippen LogP contribution < -0.4 is 15.5 Å². The molecule has 0 aromatic heterocycles. The largest absolute Gasteiger partial charge is 0.377 e. The fourth-order valence-corrected chi connectivity index (χ4v) is 4.03. The number of hydrogen-bond acceptors (Lipinski definition) is 3. The van der Waals surface area contributed by atoms with Gasteiger partial charge in [-0.2, -0.15) is 0 Å². The van der Waals surface area contributed by atoms with E-state index in [9.17, 15) is 9.59 Å². The molecule has 1 saturated carbocycles. The van der Waals surface area contributed by atoms with Crippen LogP contribution in [0.5, 0.6) is 0 Å². The standard InChI is InChI=1S/C27H29N3O2/c1-30(2)25-14-13-21(29-27(32)23-18-22(23)20-11-7-4-8-12-20)17-24(25)26(31)28-16-15-19-9-5-3-6-10-19/h3-14,17,22-23H,15-16,18H2,1-2H3,(H,28,31)(H,29,32)/t22-,23?/m0/s1. The molecule has 1 unspecified atom stereocenters. The summed E-state index contributed by atoms with van der Waals surface area (Å²) in [7, 11) is 3.81. The van der Waals surface area contributed by atoms with Crippen LogP contribution in [0.2, 0.25) is 0 Å². The van der Waals surface area contributed by atoms with Crippen molar-refractivity contribution in [2.75, 3.05) is 30.9 Å². The smallest absolute Gasteiger partial charge is 0.253 e. The highest BCUT2D eigenvalue weighted by molar-refractivity contribution is 6.02. The van der Waals surface area contributed by atoms with Gasteiger partial charge in [0.2, 0.25) is 5.91 Å². The van der Waals surface area contributed by atoms with E-state index in [-0.39, 0.29) is 23.7 Å². The van der Waals surface area contributed by atoms with Crippen molar-refractivity contribution in [3.63, 3.8) is 0 Å². The average molecular weight is 428 g/mol. The quantitative estimate of drug-likeness (QED) is 0.558. The molecule has 2 amide bonds. The molecule has 0 bridgehead atoms. The van der Waals surface area contributed by atoms with E-state index >= 15 is 0 Å². The first kappa shape index (κ1) is 21.6. The lowest BCUT2D eigenvalue weighted by molar-refractivity contribution is -0.117. The van der Waals surface area contributed by atoms with Crippen molar-refractivity contribution in [1.29, 1.82) is 0 Å². The molecule has 2 atom stereocenters. The summed E-state index contributed by atoms with van der Waals surface area (Å²) in [5, 5.41) is 6.02. The second-order valence-electron chi connectivity index (χ2n) is 8.47. The monoisotopic (exact) mass is 427 g/mol. The maximum Gasteiger partial charge on any atom is 0.253 e. The minimum atomic E-state index is -0.144. The summed E-state index contributed by atoms with van der Waals surface area (Å²) in [5.74, 6) is 0.119. The summed E-state index contributed by atoms with van der Waals surface area (Å²) in [4.78, 5) is 27.6. The van der Waals surface area contributed by atoms with E-state index in [1.165, 1.54) is 11.1 Å². The predicted octanol–water partition coefficient (Wildman–Crippen LogP) is 4.47. The highest BCUT2D eigenvalue weighted by Crippen LogP contribution is 2.47. The first-order chi connectivity index (χ1) is 15.5. The Hall–Kier alpha value is -3.60. The number of carbonyl (C=O) groups is 2. The fraction of sp³-hybridized carbons (Fsp3) is 0.259. The molecule has 1 aliphatic carbocycles. The summed E-state index contributed by atoms with van der Waals surface area (Å²) >= 11 is 0. The number of nitrogens with one attached hydrogen (secondary N) is 2. The van der Waals surface area contributed by atoms with E-state index in [0.717, 1.165) is 18.5 Å². The summed E-state index contributed by atoms with van der Waals surface area (Å²) in [6.45, 7) is 0.549. The van der Waals surface area contributed by atoms with E-state index < -0.39 is 0 Å². The molecule has 3 aromatic carbocycles. The van der Waals surface area contributed by atoms with Crippen LogP contribution in [0.25, 0.3) is 0 Å². The first-order valence-electron chi connectivity index (χ1n) is 11.0. The SMILES string of the molecule is CN(C)c1ccc(NC(=O)C2C[C@H]2c2ccccc2)cc1C(=O)NCCc1ccccc1. The Bertz CT molecular complexity index is 1080. The third kappa shape index (κ3) is 5.17. The van der Waals surface area contributed by atoms with E-state index in [4.69, 9.17) is 0 Å². The maximum absolute atomic E-state index is 12.9.